The predicted octanol–water partition coefficient (Wildman–Crippen LogP) is 2.58. The van der Waals surface area contributed by atoms with Crippen molar-refractivity contribution in [2.75, 3.05) is 6.61 Å². The van der Waals surface area contributed by atoms with Crippen LogP contribution < -0.4 is 5.32 Å². The molecule has 0 aliphatic carbocycles. The topological polar surface area (TPSA) is 123 Å². The third-order valence-electron chi connectivity index (χ3n) is 4.84. The lowest BCUT2D eigenvalue weighted by Gasteiger charge is -2.24. The van der Waals surface area contributed by atoms with E-state index in [2.05, 4.69) is 10.3 Å². The molecule has 0 unspecified atom stereocenters. The Bertz CT molecular complexity index is 1040. The van der Waals surface area contributed by atoms with Crippen molar-refractivity contribution in [2.45, 2.75) is 51.5 Å². The summed E-state index contributed by atoms with van der Waals surface area (Å²) in [5.41, 5.74) is -1.02. The molecule has 3 N–H and O–H groups in total. The Hall–Kier alpha value is -3.31. The standard InChI is InChI=1S/C23H26FN3O4/c1-22(2,13-28)17-11-18(24)15(10-20(17)30)9-16(29)7-14-5-6-26-19(8-14)21(31)27-23(3,4)12-25/h5-6,8,10-11,28,30H,7,9,13H2,1-4H3,(H,27,31). The summed E-state index contributed by atoms with van der Waals surface area (Å²) >= 11 is 0. The predicted molar refractivity (Wildman–Crippen MR) is 112 cm³/mol. The molecule has 0 atom stereocenters. The van der Waals surface area contributed by atoms with Crippen LogP contribution in [0.15, 0.2) is 30.5 Å². The number of nitrogens with zero attached hydrogens (tertiary/aromatic N) is 2. The van der Waals surface area contributed by atoms with Gasteiger partial charge >= 0.3 is 0 Å². The number of nitrogens with one attached hydrogen (secondary N) is 1. The smallest absolute Gasteiger partial charge is 0.271 e. The molecule has 2 rings (SSSR count). The number of aromatic hydroxyl groups is 1. The molecule has 0 saturated carbocycles. The zero-order valence-corrected chi connectivity index (χ0v) is 18.0. The zero-order valence-electron chi connectivity index (χ0n) is 18.0. The summed E-state index contributed by atoms with van der Waals surface area (Å²) in [7, 11) is 0. The van der Waals surface area contributed by atoms with Gasteiger partial charge in [0.05, 0.1) is 12.7 Å². The number of Topliss-reactive ketones (excluding diaryl/α,β-unsaturated/α-hetero) is 1. The number of aliphatic hydroxyl groups excluding tert-OH is 1. The highest BCUT2D eigenvalue weighted by molar-refractivity contribution is 5.93. The summed E-state index contributed by atoms with van der Waals surface area (Å²) in [6.45, 7) is 6.16. The normalized spacial score (nSPS) is 11.6. The van der Waals surface area contributed by atoms with E-state index in [0.29, 0.717) is 5.56 Å². The van der Waals surface area contributed by atoms with E-state index in [1.54, 1.807) is 33.8 Å². The van der Waals surface area contributed by atoms with Crippen LogP contribution in [0.1, 0.15) is 54.9 Å². The number of halogens is 1. The highest BCUT2D eigenvalue weighted by Crippen LogP contribution is 2.33. The largest absolute Gasteiger partial charge is 0.508 e. The van der Waals surface area contributed by atoms with Crippen LogP contribution in [0.25, 0.3) is 0 Å². The number of benzene rings is 1. The van der Waals surface area contributed by atoms with Gasteiger partial charge in [-0.05, 0) is 49.2 Å². The first-order chi connectivity index (χ1) is 14.4. The Kier molecular flexibility index (Phi) is 7.13. The number of carbonyl (C=O) groups excluding carboxylic acids is 2. The first kappa shape index (κ1) is 24.0. The van der Waals surface area contributed by atoms with E-state index in [1.807, 2.05) is 6.07 Å². The number of aromatic nitrogens is 1. The van der Waals surface area contributed by atoms with E-state index >= 15 is 0 Å². The number of amides is 1. The van der Waals surface area contributed by atoms with Crippen molar-refractivity contribution in [3.05, 3.63) is 58.7 Å². The van der Waals surface area contributed by atoms with E-state index < -0.39 is 22.7 Å². The Labute approximate surface area is 180 Å². The number of aliphatic hydroxyl groups is 1. The Morgan fingerprint density at radius 2 is 1.87 bits per heavy atom. The SMILES string of the molecule is CC(C)(C#N)NC(=O)c1cc(CC(=O)Cc2cc(O)c(C(C)(C)CO)cc2F)ccn1. The minimum absolute atomic E-state index is 0.0442. The molecule has 1 aromatic carbocycles. The molecule has 0 aliphatic heterocycles. The maximum atomic E-state index is 14.5. The lowest BCUT2D eigenvalue weighted by Crippen LogP contribution is -2.42. The maximum absolute atomic E-state index is 14.5. The Balaban J connectivity index is 2.14. The molecule has 0 spiro atoms. The summed E-state index contributed by atoms with van der Waals surface area (Å²) in [4.78, 5) is 28.7. The number of nitriles is 1. The minimum Gasteiger partial charge on any atom is -0.508 e. The van der Waals surface area contributed by atoms with Gasteiger partial charge in [-0.25, -0.2) is 4.39 Å². The number of hydrogen-bond acceptors (Lipinski definition) is 6. The van der Waals surface area contributed by atoms with E-state index in [1.165, 1.54) is 18.3 Å². The second-order valence-electron chi connectivity index (χ2n) is 8.64. The Morgan fingerprint density at radius 3 is 2.48 bits per heavy atom. The Morgan fingerprint density at radius 1 is 1.19 bits per heavy atom. The van der Waals surface area contributed by atoms with Crippen molar-refractivity contribution in [1.29, 1.82) is 5.26 Å². The molecular formula is C23H26FN3O4. The highest BCUT2D eigenvalue weighted by Gasteiger charge is 2.25. The van der Waals surface area contributed by atoms with Gasteiger partial charge < -0.3 is 15.5 Å². The van der Waals surface area contributed by atoms with Crippen molar-refractivity contribution < 1.29 is 24.2 Å². The molecule has 1 heterocycles. The maximum Gasteiger partial charge on any atom is 0.271 e. The zero-order chi connectivity index (χ0) is 23.4. The van der Waals surface area contributed by atoms with E-state index in [0.717, 1.165) is 6.07 Å². The number of rotatable bonds is 8. The molecule has 0 radical (unpaired) electrons. The first-order valence-electron chi connectivity index (χ1n) is 9.71. The lowest BCUT2D eigenvalue weighted by atomic mass is 9.84. The molecule has 0 fully saturated rings. The number of pyridine rings is 1. The summed E-state index contributed by atoms with van der Waals surface area (Å²) in [5, 5.41) is 31.2. The quantitative estimate of drug-likeness (QED) is 0.595. The van der Waals surface area contributed by atoms with Gasteiger partial charge in [0, 0.05) is 30.0 Å². The van der Waals surface area contributed by atoms with E-state index in [-0.39, 0.29) is 47.8 Å². The van der Waals surface area contributed by atoms with Gasteiger partial charge in [-0.2, -0.15) is 5.26 Å². The van der Waals surface area contributed by atoms with Gasteiger partial charge in [-0.1, -0.05) is 13.8 Å². The van der Waals surface area contributed by atoms with Gasteiger partial charge in [0.25, 0.3) is 5.91 Å². The fourth-order valence-electron chi connectivity index (χ4n) is 2.95. The molecular weight excluding hydrogens is 401 g/mol. The van der Waals surface area contributed by atoms with Crippen LogP contribution in [-0.4, -0.2) is 39.0 Å². The van der Waals surface area contributed by atoms with E-state index in [9.17, 15) is 24.2 Å². The average molecular weight is 427 g/mol. The monoisotopic (exact) mass is 427 g/mol. The molecule has 1 amide bonds. The minimum atomic E-state index is -1.07. The van der Waals surface area contributed by atoms with Crippen LogP contribution >= 0.6 is 0 Å². The van der Waals surface area contributed by atoms with E-state index in [4.69, 9.17) is 5.26 Å². The fourth-order valence-corrected chi connectivity index (χ4v) is 2.95. The molecule has 8 heteroatoms. The molecule has 0 aliphatic rings. The molecule has 1 aromatic heterocycles. The number of ketones is 1. The van der Waals surface area contributed by atoms with Crippen molar-refractivity contribution in [1.82, 2.24) is 10.3 Å². The first-order valence-corrected chi connectivity index (χ1v) is 9.71. The molecule has 2 aromatic rings. The van der Waals surface area contributed by atoms with Crippen LogP contribution in [-0.2, 0) is 23.1 Å². The van der Waals surface area contributed by atoms with Crippen LogP contribution in [0, 0.1) is 17.1 Å². The summed E-state index contributed by atoms with van der Waals surface area (Å²) < 4.78 is 14.5. The number of phenols is 1. The molecule has 0 bridgehead atoms. The van der Waals surface area contributed by atoms with Gasteiger partial charge in [0.1, 0.15) is 28.6 Å². The van der Waals surface area contributed by atoms with Gasteiger partial charge in [0.15, 0.2) is 0 Å². The molecule has 0 saturated heterocycles. The van der Waals surface area contributed by atoms with Crippen LogP contribution in [0.2, 0.25) is 0 Å². The van der Waals surface area contributed by atoms with Gasteiger partial charge in [-0.3, -0.25) is 14.6 Å². The summed E-state index contributed by atoms with van der Waals surface area (Å²) in [6, 6.07) is 7.32. The average Bonchev–Trinajstić information content (AvgIpc) is 2.70. The summed E-state index contributed by atoms with van der Waals surface area (Å²) in [6.07, 6.45) is 1.08. The van der Waals surface area contributed by atoms with Crippen LogP contribution in [0.5, 0.6) is 5.75 Å². The number of phenolic OH excluding ortho intramolecular Hbond substituents is 1. The third kappa shape index (κ3) is 6.09. The number of carbonyl (C=O) groups is 2. The van der Waals surface area contributed by atoms with Crippen molar-refractivity contribution in [3.63, 3.8) is 0 Å². The number of hydrogen-bond donors (Lipinski definition) is 3. The van der Waals surface area contributed by atoms with Crippen molar-refractivity contribution in [3.8, 4) is 11.8 Å². The fraction of sp³-hybridized carbons (Fsp3) is 0.391. The molecule has 164 valence electrons. The van der Waals surface area contributed by atoms with Gasteiger partial charge in [-0.15, -0.1) is 0 Å². The lowest BCUT2D eigenvalue weighted by molar-refractivity contribution is -0.117. The van der Waals surface area contributed by atoms with Crippen molar-refractivity contribution >= 4 is 11.7 Å². The second kappa shape index (κ2) is 9.23. The van der Waals surface area contributed by atoms with Gasteiger partial charge in [0.2, 0.25) is 0 Å². The van der Waals surface area contributed by atoms with Crippen LogP contribution in [0.4, 0.5) is 4.39 Å². The second-order valence-corrected chi connectivity index (χ2v) is 8.64. The summed E-state index contributed by atoms with van der Waals surface area (Å²) in [5.74, 6) is -1.69. The van der Waals surface area contributed by atoms with Crippen molar-refractivity contribution in [2.24, 2.45) is 0 Å². The van der Waals surface area contributed by atoms with Crippen LogP contribution in [0.3, 0.4) is 0 Å². The highest BCUT2D eigenvalue weighted by atomic mass is 19.1. The third-order valence-corrected chi connectivity index (χ3v) is 4.84. The molecule has 7 nitrogen and oxygen atoms in total. The molecule has 31 heavy (non-hydrogen) atoms.